The van der Waals surface area contributed by atoms with Gasteiger partial charge >= 0.3 is 11.7 Å². The Labute approximate surface area is 75.2 Å². The summed E-state index contributed by atoms with van der Waals surface area (Å²) in [6.45, 7) is 3.54. The number of aromatic nitrogens is 2. The first kappa shape index (κ1) is 9.57. The molecule has 0 saturated carbocycles. The predicted octanol–water partition coefficient (Wildman–Crippen LogP) is 0.466. The van der Waals surface area contributed by atoms with Crippen LogP contribution in [0.25, 0.3) is 0 Å². The van der Waals surface area contributed by atoms with Gasteiger partial charge < -0.3 is 9.67 Å². The lowest BCUT2D eigenvalue weighted by Gasteiger charge is -2.06. The van der Waals surface area contributed by atoms with Crippen LogP contribution in [-0.2, 0) is 7.05 Å². The van der Waals surface area contributed by atoms with Crippen LogP contribution in [0.2, 0.25) is 0 Å². The van der Waals surface area contributed by atoms with Gasteiger partial charge in [0.2, 0.25) is 0 Å². The van der Waals surface area contributed by atoms with Gasteiger partial charge in [0.05, 0.1) is 0 Å². The van der Waals surface area contributed by atoms with E-state index in [0.29, 0.717) is 0 Å². The first-order valence-electron chi connectivity index (χ1n) is 3.96. The number of hydrogen-bond donors (Lipinski definition) is 1. The molecule has 0 bridgehead atoms. The van der Waals surface area contributed by atoms with Crippen molar-refractivity contribution in [2.24, 2.45) is 7.05 Å². The quantitative estimate of drug-likeness (QED) is 0.726. The highest BCUT2D eigenvalue weighted by Crippen LogP contribution is 2.05. The third-order valence-electron chi connectivity index (χ3n) is 1.82. The maximum Gasteiger partial charge on any atom is 0.354 e. The second kappa shape index (κ2) is 3.08. The summed E-state index contributed by atoms with van der Waals surface area (Å²) in [7, 11) is 1.54. The number of carboxylic acid groups (broad SMARTS) is 1. The largest absolute Gasteiger partial charge is 0.477 e. The number of imidazole rings is 1. The van der Waals surface area contributed by atoms with Gasteiger partial charge in [-0.2, -0.15) is 0 Å². The van der Waals surface area contributed by atoms with Gasteiger partial charge in [0.15, 0.2) is 0 Å². The van der Waals surface area contributed by atoms with Gasteiger partial charge in [0.25, 0.3) is 0 Å². The molecule has 1 aromatic heterocycles. The minimum Gasteiger partial charge on any atom is -0.477 e. The highest BCUT2D eigenvalue weighted by Gasteiger charge is 2.16. The van der Waals surface area contributed by atoms with Gasteiger partial charge in [-0.25, -0.2) is 9.59 Å². The fraction of sp³-hybridized carbons (Fsp3) is 0.500. The van der Waals surface area contributed by atoms with E-state index in [1.54, 1.807) is 13.8 Å². The van der Waals surface area contributed by atoms with E-state index >= 15 is 0 Å². The van der Waals surface area contributed by atoms with Crippen LogP contribution in [0.3, 0.4) is 0 Å². The minimum absolute atomic E-state index is 0.0301. The Kier molecular flexibility index (Phi) is 2.27. The zero-order valence-corrected chi connectivity index (χ0v) is 7.81. The summed E-state index contributed by atoms with van der Waals surface area (Å²) in [5, 5.41) is 8.78. The molecule has 1 N–H and O–H groups in total. The van der Waals surface area contributed by atoms with Crippen LogP contribution in [0.5, 0.6) is 0 Å². The van der Waals surface area contributed by atoms with E-state index in [9.17, 15) is 9.59 Å². The molecule has 0 amide bonds. The van der Waals surface area contributed by atoms with E-state index in [-0.39, 0.29) is 17.4 Å². The van der Waals surface area contributed by atoms with Crippen LogP contribution in [0.15, 0.2) is 11.0 Å². The summed E-state index contributed by atoms with van der Waals surface area (Å²) in [4.78, 5) is 22.1. The Bertz CT molecular complexity index is 387. The number of nitrogens with zero attached hydrogens (tertiary/aromatic N) is 2. The van der Waals surface area contributed by atoms with E-state index in [1.807, 2.05) is 0 Å². The monoisotopic (exact) mass is 184 g/mol. The van der Waals surface area contributed by atoms with Crippen molar-refractivity contribution in [3.63, 3.8) is 0 Å². The Morgan fingerprint density at radius 3 is 2.38 bits per heavy atom. The molecule has 5 nitrogen and oxygen atoms in total. The van der Waals surface area contributed by atoms with Crippen LogP contribution >= 0.6 is 0 Å². The van der Waals surface area contributed by atoms with E-state index in [2.05, 4.69) is 0 Å². The third kappa shape index (κ3) is 1.49. The second-order valence-electron chi connectivity index (χ2n) is 3.18. The Morgan fingerprint density at radius 1 is 1.54 bits per heavy atom. The topological polar surface area (TPSA) is 64.2 Å². The molecule has 0 aliphatic heterocycles. The predicted molar refractivity (Wildman–Crippen MR) is 47.0 cm³/mol. The molecule has 72 valence electrons. The summed E-state index contributed by atoms with van der Waals surface area (Å²) in [6, 6.07) is -0.139. The third-order valence-corrected chi connectivity index (χ3v) is 1.82. The Balaban J connectivity index is 3.45. The highest BCUT2D eigenvalue weighted by molar-refractivity contribution is 5.85. The molecular weight excluding hydrogens is 172 g/mol. The Morgan fingerprint density at radius 2 is 2.08 bits per heavy atom. The summed E-state index contributed by atoms with van der Waals surface area (Å²) in [5.74, 6) is -1.08. The molecule has 13 heavy (non-hydrogen) atoms. The number of carboxylic acids is 1. The first-order chi connectivity index (χ1) is 5.95. The van der Waals surface area contributed by atoms with E-state index in [4.69, 9.17) is 5.11 Å². The van der Waals surface area contributed by atoms with Crippen molar-refractivity contribution >= 4 is 5.97 Å². The van der Waals surface area contributed by atoms with Crippen LogP contribution < -0.4 is 5.69 Å². The zero-order valence-electron chi connectivity index (χ0n) is 7.81. The molecule has 0 spiro atoms. The standard InChI is InChI=1S/C8H12N2O3/c1-5(2)10-6(7(11)12)4-9(3)8(10)13/h4-5H,1-3H3,(H,11,12). The van der Waals surface area contributed by atoms with Gasteiger partial charge in [-0.05, 0) is 13.8 Å². The molecule has 1 heterocycles. The van der Waals surface area contributed by atoms with Crippen molar-refractivity contribution in [1.29, 1.82) is 0 Å². The average Bonchev–Trinajstić information content (AvgIpc) is 2.28. The number of aryl methyl sites for hydroxylation is 1. The number of rotatable bonds is 2. The van der Waals surface area contributed by atoms with Crippen molar-refractivity contribution < 1.29 is 9.90 Å². The molecule has 0 saturated heterocycles. The lowest BCUT2D eigenvalue weighted by atomic mass is 10.3. The van der Waals surface area contributed by atoms with Crippen LogP contribution in [-0.4, -0.2) is 20.2 Å². The van der Waals surface area contributed by atoms with Crippen LogP contribution in [0.4, 0.5) is 0 Å². The number of carbonyl (C=O) groups is 1. The smallest absolute Gasteiger partial charge is 0.354 e. The summed E-state index contributed by atoms with van der Waals surface area (Å²) < 4.78 is 2.52. The molecule has 0 unspecified atom stereocenters. The van der Waals surface area contributed by atoms with Gasteiger partial charge in [-0.3, -0.25) is 4.57 Å². The highest BCUT2D eigenvalue weighted by atomic mass is 16.4. The Hall–Kier alpha value is -1.52. The van der Waals surface area contributed by atoms with Crippen molar-refractivity contribution in [2.45, 2.75) is 19.9 Å². The molecule has 5 heteroatoms. The summed E-state index contributed by atoms with van der Waals surface area (Å²) in [6.07, 6.45) is 1.32. The second-order valence-corrected chi connectivity index (χ2v) is 3.18. The van der Waals surface area contributed by atoms with Crippen LogP contribution in [0.1, 0.15) is 30.4 Å². The molecular formula is C8H12N2O3. The van der Waals surface area contributed by atoms with Gasteiger partial charge in [0, 0.05) is 19.3 Å². The molecule has 1 rings (SSSR count). The molecule has 0 aliphatic rings. The molecule has 0 aromatic carbocycles. The molecule has 0 radical (unpaired) electrons. The van der Waals surface area contributed by atoms with Gasteiger partial charge in [-0.1, -0.05) is 0 Å². The van der Waals surface area contributed by atoms with Crippen molar-refractivity contribution in [1.82, 2.24) is 9.13 Å². The molecule has 0 aliphatic carbocycles. The fourth-order valence-corrected chi connectivity index (χ4v) is 1.23. The molecule has 0 fully saturated rings. The number of aromatic carboxylic acids is 1. The lowest BCUT2D eigenvalue weighted by molar-refractivity contribution is 0.0683. The molecule has 1 aromatic rings. The maximum atomic E-state index is 11.4. The van der Waals surface area contributed by atoms with Crippen molar-refractivity contribution in [3.8, 4) is 0 Å². The van der Waals surface area contributed by atoms with E-state index in [1.165, 1.54) is 22.4 Å². The zero-order chi connectivity index (χ0) is 10.2. The van der Waals surface area contributed by atoms with E-state index < -0.39 is 5.97 Å². The fourth-order valence-electron chi connectivity index (χ4n) is 1.23. The average molecular weight is 184 g/mol. The minimum atomic E-state index is -1.08. The summed E-state index contributed by atoms with van der Waals surface area (Å²) >= 11 is 0. The van der Waals surface area contributed by atoms with Crippen molar-refractivity contribution in [2.75, 3.05) is 0 Å². The first-order valence-corrected chi connectivity index (χ1v) is 3.96. The SMILES string of the molecule is CC(C)n1c(C(=O)O)cn(C)c1=O. The molecule has 0 atom stereocenters. The maximum absolute atomic E-state index is 11.4. The van der Waals surface area contributed by atoms with Gasteiger partial charge in [0.1, 0.15) is 5.69 Å². The van der Waals surface area contributed by atoms with Gasteiger partial charge in [-0.15, -0.1) is 0 Å². The lowest BCUT2D eigenvalue weighted by Crippen LogP contribution is -2.25. The van der Waals surface area contributed by atoms with Crippen molar-refractivity contribution in [3.05, 3.63) is 22.4 Å². The summed E-state index contributed by atoms with van der Waals surface area (Å²) in [5.41, 5.74) is -0.269. The van der Waals surface area contributed by atoms with E-state index in [0.717, 1.165) is 0 Å². The normalized spacial score (nSPS) is 10.8. The number of hydrogen-bond acceptors (Lipinski definition) is 2. The van der Waals surface area contributed by atoms with Crippen LogP contribution in [0, 0.1) is 0 Å².